The highest BCUT2D eigenvalue weighted by molar-refractivity contribution is 7.54. The Kier molecular flexibility index (Phi) is 14.3. The SMILES string of the molecule is C/C(=C\C(=O)N[C@H]1CCc2cccc3c2N(C1=O)C(C(=O)NCCNC(N)=O)C3)c1ccc(C(F)(F)P(=O)(OCOC(=O)C(C)(C)C)OCOC(=O)C(C)(C)C)cc1. The van der Waals surface area contributed by atoms with E-state index in [4.69, 9.17) is 24.3 Å². The molecule has 2 atom stereocenters. The summed E-state index contributed by atoms with van der Waals surface area (Å²) in [5.41, 5.74) is 0.775. The maximum atomic E-state index is 16.0. The quantitative estimate of drug-likeness (QED) is 0.0637. The van der Waals surface area contributed by atoms with E-state index in [0.29, 0.717) is 23.2 Å². The smallest absolute Gasteiger partial charge is 0.410 e. The van der Waals surface area contributed by atoms with Gasteiger partial charge in [-0.15, -0.1) is 0 Å². The normalized spacial score (nSPS) is 17.2. The van der Waals surface area contributed by atoms with Gasteiger partial charge in [0.25, 0.3) is 0 Å². The molecule has 19 heteroatoms. The zero-order chi connectivity index (χ0) is 43.2. The maximum absolute atomic E-state index is 16.0. The fraction of sp³-hybridized carbons (Fsp3) is 0.487. The molecule has 5 N–H and O–H groups in total. The number of nitrogens with zero attached hydrogens (tertiary/aromatic N) is 1. The molecule has 0 bridgehead atoms. The number of para-hydroxylation sites is 1. The zero-order valence-electron chi connectivity index (χ0n) is 33.4. The third kappa shape index (κ3) is 10.8. The molecule has 0 saturated carbocycles. The van der Waals surface area contributed by atoms with Gasteiger partial charge in [0.1, 0.15) is 12.1 Å². The van der Waals surface area contributed by atoms with Crippen molar-refractivity contribution in [2.24, 2.45) is 16.6 Å². The van der Waals surface area contributed by atoms with E-state index in [0.717, 1.165) is 23.3 Å². The van der Waals surface area contributed by atoms with Gasteiger partial charge in [-0.1, -0.05) is 42.5 Å². The number of primary amides is 1. The lowest BCUT2D eigenvalue weighted by Crippen LogP contribution is -2.54. The number of allylic oxidation sites excluding steroid dienone is 1. The number of aryl methyl sites for hydroxylation is 1. The molecule has 1 unspecified atom stereocenters. The van der Waals surface area contributed by atoms with Gasteiger partial charge in [0.05, 0.1) is 16.5 Å². The summed E-state index contributed by atoms with van der Waals surface area (Å²) in [6.45, 7) is 8.50. The van der Waals surface area contributed by atoms with Gasteiger partial charge in [-0.05, 0) is 83.6 Å². The summed E-state index contributed by atoms with van der Waals surface area (Å²) in [7, 11) is -5.55. The van der Waals surface area contributed by atoms with Gasteiger partial charge in [0.15, 0.2) is 0 Å². The van der Waals surface area contributed by atoms with E-state index >= 15 is 8.78 Å². The van der Waals surface area contributed by atoms with Crippen LogP contribution >= 0.6 is 7.60 Å². The molecular weight excluding hydrogens is 783 g/mol. The summed E-state index contributed by atoms with van der Waals surface area (Å²) in [4.78, 5) is 77.3. The van der Waals surface area contributed by atoms with Crippen LogP contribution in [0.3, 0.4) is 0 Å². The van der Waals surface area contributed by atoms with E-state index in [9.17, 15) is 33.3 Å². The second-order valence-corrected chi connectivity index (χ2v) is 17.9. The van der Waals surface area contributed by atoms with Crippen molar-refractivity contribution in [2.45, 2.75) is 85.5 Å². The minimum absolute atomic E-state index is 0.0802. The predicted molar refractivity (Wildman–Crippen MR) is 207 cm³/mol. The lowest BCUT2D eigenvalue weighted by Gasteiger charge is -2.28. The molecule has 16 nitrogen and oxygen atoms in total. The Labute approximate surface area is 335 Å². The summed E-state index contributed by atoms with van der Waals surface area (Å²) in [6.07, 6.45) is 2.11. The molecule has 0 aliphatic carbocycles. The van der Waals surface area contributed by atoms with E-state index in [1.165, 1.54) is 64.7 Å². The molecule has 2 aromatic rings. The van der Waals surface area contributed by atoms with Gasteiger partial charge in [0, 0.05) is 31.1 Å². The van der Waals surface area contributed by atoms with Crippen LogP contribution in [0.4, 0.5) is 19.3 Å². The van der Waals surface area contributed by atoms with E-state index in [2.05, 4.69) is 16.0 Å². The number of amides is 5. The van der Waals surface area contributed by atoms with Crippen LogP contribution in [0.15, 0.2) is 48.5 Å². The highest BCUT2D eigenvalue weighted by Crippen LogP contribution is 2.67. The Morgan fingerprint density at radius 1 is 0.879 bits per heavy atom. The molecule has 0 saturated heterocycles. The van der Waals surface area contributed by atoms with E-state index in [1.807, 2.05) is 18.2 Å². The van der Waals surface area contributed by atoms with Gasteiger partial charge >= 0.3 is 31.2 Å². The fourth-order valence-corrected chi connectivity index (χ4v) is 7.23. The third-order valence-electron chi connectivity index (χ3n) is 9.18. The summed E-state index contributed by atoms with van der Waals surface area (Å²) in [6, 6.07) is 7.26. The number of nitrogens with two attached hydrogens (primary N) is 1. The first-order chi connectivity index (χ1) is 27.0. The van der Waals surface area contributed by atoms with Crippen LogP contribution < -0.4 is 26.6 Å². The number of nitrogens with one attached hydrogen (secondary N) is 3. The van der Waals surface area contributed by atoms with Crippen LogP contribution in [-0.2, 0) is 65.6 Å². The van der Waals surface area contributed by atoms with Crippen molar-refractivity contribution in [3.63, 3.8) is 0 Å². The predicted octanol–water partition coefficient (Wildman–Crippen LogP) is 4.63. The van der Waals surface area contributed by atoms with E-state index in [-0.39, 0.29) is 25.9 Å². The number of ether oxygens (including phenoxy) is 2. The van der Waals surface area contributed by atoms with Crippen molar-refractivity contribution in [1.29, 1.82) is 0 Å². The Morgan fingerprint density at radius 3 is 1.98 bits per heavy atom. The van der Waals surface area contributed by atoms with Crippen LogP contribution in [0.2, 0.25) is 0 Å². The van der Waals surface area contributed by atoms with Gasteiger partial charge in [-0.3, -0.25) is 42.5 Å². The second-order valence-electron chi connectivity index (χ2n) is 15.8. The first-order valence-corrected chi connectivity index (χ1v) is 20.0. The molecule has 0 fully saturated rings. The van der Waals surface area contributed by atoms with Crippen molar-refractivity contribution >= 4 is 54.5 Å². The zero-order valence-corrected chi connectivity index (χ0v) is 34.3. The minimum Gasteiger partial charge on any atom is -0.438 e. The maximum Gasteiger partial charge on any atom is 0.410 e. The van der Waals surface area contributed by atoms with Crippen molar-refractivity contribution in [1.82, 2.24) is 16.0 Å². The number of benzene rings is 2. The van der Waals surface area contributed by atoms with E-state index in [1.54, 1.807) is 6.92 Å². The Bertz CT molecular complexity index is 1960. The number of rotatable bonds is 15. The number of urea groups is 1. The molecule has 0 aromatic heterocycles. The number of carbonyl (C=O) groups excluding carboxylic acids is 6. The number of esters is 2. The second kappa shape index (κ2) is 18.2. The first-order valence-electron chi connectivity index (χ1n) is 18.4. The van der Waals surface area contributed by atoms with Crippen molar-refractivity contribution in [3.8, 4) is 0 Å². The molecule has 0 radical (unpaired) electrons. The Morgan fingerprint density at radius 2 is 1.43 bits per heavy atom. The van der Waals surface area contributed by atoms with Crippen LogP contribution in [0.5, 0.6) is 0 Å². The summed E-state index contributed by atoms with van der Waals surface area (Å²) < 4.78 is 65.2. The molecule has 2 heterocycles. The Hall–Kier alpha value is -5.19. The molecule has 316 valence electrons. The third-order valence-corrected chi connectivity index (χ3v) is 11.0. The minimum atomic E-state index is -5.55. The van der Waals surface area contributed by atoms with Crippen molar-refractivity contribution in [3.05, 3.63) is 70.8 Å². The van der Waals surface area contributed by atoms with Crippen LogP contribution in [0.1, 0.15) is 77.1 Å². The molecule has 4 rings (SSSR count). The summed E-state index contributed by atoms with van der Waals surface area (Å²) in [5, 5.41) is 7.81. The fourth-order valence-electron chi connectivity index (χ4n) is 5.98. The average Bonchev–Trinajstić information content (AvgIpc) is 3.48. The molecular formula is C39H50F2N5O11P. The van der Waals surface area contributed by atoms with Crippen LogP contribution in [-0.4, -0.2) is 74.5 Å². The number of anilines is 1. The monoisotopic (exact) mass is 833 g/mol. The molecule has 5 amide bonds. The highest BCUT2D eigenvalue weighted by atomic mass is 31.2. The van der Waals surface area contributed by atoms with Crippen LogP contribution in [0.25, 0.3) is 5.57 Å². The number of hydrogen-bond donors (Lipinski definition) is 4. The van der Waals surface area contributed by atoms with Crippen molar-refractivity contribution < 1.29 is 60.6 Å². The van der Waals surface area contributed by atoms with Crippen molar-refractivity contribution in [2.75, 3.05) is 31.6 Å². The number of alkyl halides is 2. The number of hydrogen-bond acceptors (Lipinski definition) is 11. The van der Waals surface area contributed by atoms with Gasteiger partial charge in [-0.2, -0.15) is 8.78 Å². The molecule has 2 aliphatic rings. The summed E-state index contributed by atoms with van der Waals surface area (Å²) in [5.74, 6) is -3.23. The molecule has 2 aromatic carbocycles. The van der Waals surface area contributed by atoms with Gasteiger partial charge < -0.3 is 31.2 Å². The average molecular weight is 834 g/mol. The molecule has 58 heavy (non-hydrogen) atoms. The first kappa shape index (κ1) is 45.5. The lowest BCUT2D eigenvalue weighted by molar-refractivity contribution is -0.163. The molecule has 2 aliphatic heterocycles. The number of halogens is 2. The highest BCUT2D eigenvalue weighted by Gasteiger charge is 2.56. The standard InChI is InChI=1S/C39H50F2N5O11P/c1-23(19-30(47)45-28-16-13-25-9-8-10-26-20-29(46(31(25)26)33(28)49)32(48)43-17-18-44-36(42)52)24-11-14-27(15-12-24)39(40,41)58(53,56-21-54-34(50)37(2,3)4)57-22-55-35(51)38(5,6)7/h8-12,14-15,19,28-29H,13,16-18,20-22H2,1-7H3,(H,43,48)(H,45,47)(H3,42,44,52)/b23-19+/t28-,29?/m0/s1. The topological polar surface area (TPSA) is 222 Å². The molecule has 0 spiro atoms. The van der Waals surface area contributed by atoms with Gasteiger partial charge in [0.2, 0.25) is 31.3 Å². The van der Waals surface area contributed by atoms with Crippen LogP contribution in [0, 0.1) is 10.8 Å². The lowest BCUT2D eigenvalue weighted by atomic mass is 9.98. The van der Waals surface area contributed by atoms with E-state index < -0.39 is 91.0 Å². The number of carbonyl (C=O) groups is 6. The largest absolute Gasteiger partial charge is 0.438 e. The Balaban J connectivity index is 1.48. The summed E-state index contributed by atoms with van der Waals surface area (Å²) >= 11 is 0. The van der Waals surface area contributed by atoms with Gasteiger partial charge in [-0.25, -0.2) is 4.79 Å².